The highest BCUT2D eigenvalue weighted by atomic mass is 35.5. The molecule has 1 aliphatic heterocycles. The Bertz CT molecular complexity index is 701. The number of rotatable bonds is 7. The minimum atomic E-state index is -0.261. The highest BCUT2D eigenvalue weighted by Gasteiger charge is 2.30. The van der Waals surface area contributed by atoms with Crippen molar-refractivity contribution in [3.63, 3.8) is 0 Å². The van der Waals surface area contributed by atoms with Crippen molar-refractivity contribution in [3.8, 4) is 0 Å². The number of benzene rings is 1. The number of hydrogen-bond acceptors (Lipinski definition) is 1. The second-order valence-corrected chi connectivity index (χ2v) is 9.65. The highest BCUT2D eigenvalue weighted by Crippen LogP contribution is 2.41. The van der Waals surface area contributed by atoms with E-state index in [2.05, 4.69) is 13.0 Å². The highest BCUT2D eigenvalue weighted by molar-refractivity contribution is 6.31. The molecule has 1 nitrogen and oxygen atoms in total. The van der Waals surface area contributed by atoms with Crippen LogP contribution in [-0.2, 0) is 4.74 Å². The topological polar surface area (TPSA) is 12.5 Å². The molecule has 1 aromatic rings. The molecule has 0 N–H and O–H groups in total. The van der Waals surface area contributed by atoms with E-state index in [1.807, 2.05) is 12.1 Å². The van der Waals surface area contributed by atoms with Gasteiger partial charge in [-0.05, 0) is 49.0 Å². The summed E-state index contributed by atoms with van der Waals surface area (Å²) in [5, 5.41) is 0.252. The van der Waals surface area contributed by atoms with Gasteiger partial charge in [-0.1, -0.05) is 81.7 Å². The summed E-state index contributed by atoms with van der Waals surface area (Å²) in [6, 6.07) is 3.85. The first-order valence-electron chi connectivity index (χ1n) is 11.4. The summed E-state index contributed by atoms with van der Waals surface area (Å²) in [5.41, 5.74) is 2.63. The second kappa shape index (κ2) is 9.30. The summed E-state index contributed by atoms with van der Waals surface area (Å²) in [5.74, 6) is 2.46. The molecule has 0 bridgehead atoms. The van der Waals surface area contributed by atoms with E-state index in [1.54, 1.807) is 0 Å². The lowest BCUT2D eigenvalue weighted by Gasteiger charge is -2.30. The fourth-order valence-corrected chi connectivity index (χ4v) is 5.66. The van der Waals surface area contributed by atoms with Crippen LogP contribution in [0, 0.1) is 23.6 Å². The standard InChI is InChI=1S/C25H34ClFO/c1-2-3-17-4-6-18(7-5-17)8-9-19-10-12-20(13-11-19)21-14-15-22(23-16-28-23)24(26)25(21)27/h12,14-15,17-19,23H,2-11,13,16H2,1H3. The van der Waals surface area contributed by atoms with Gasteiger partial charge in [0.05, 0.1) is 11.6 Å². The lowest BCUT2D eigenvalue weighted by molar-refractivity contribution is 0.237. The smallest absolute Gasteiger partial charge is 0.149 e. The first-order chi connectivity index (χ1) is 13.7. The molecule has 0 amide bonds. The molecule has 1 saturated heterocycles. The molecule has 0 aromatic heterocycles. The minimum Gasteiger partial charge on any atom is -0.368 e. The second-order valence-electron chi connectivity index (χ2n) is 9.27. The molecular weight excluding hydrogens is 371 g/mol. The Kier molecular flexibility index (Phi) is 6.78. The van der Waals surface area contributed by atoms with Crippen LogP contribution in [0.25, 0.3) is 5.57 Å². The fraction of sp³-hybridized carbons (Fsp3) is 0.680. The summed E-state index contributed by atoms with van der Waals surface area (Å²) < 4.78 is 20.0. The zero-order valence-corrected chi connectivity index (χ0v) is 17.9. The van der Waals surface area contributed by atoms with Crippen LogP contribution in [0.1, 0.15) is 94.8 Å². The Morgan fingerprint density at radius 2 is 1.68 bits per heavy atom. The van der Waals surface area contributed by atoms with Gasteiger partial charge in [0.15, 0.2) is 0 Å². The number of ether oxygens (including phenoxy) is 1. The summed E-state index contributed by atoms with van der Waals surface area (Å²) in [4.78, 5) is 0. The van der Waals surface area contributed by atoms with Crippen LogP contribution in [0.15, 0.2) is 18.2 Å². The van der Waals surface area contributed by atoms with E-state index in [-0.39, 0.29) is 16.9 Å². The van der Waals surface area contributed by atoms with E-state index in [0.717, 1.165) is 41.7 Å². The van der Waals surface area contributed by atoms with E-state index >= 15 is 0 Å². The van der Waals surface area contributed by atoms with Crippen LogP contribution >= 0.6 is 11.6 Å². The van der Waals surface area contributed by atoms with Crippen molar-refractivity contribution in [2.45, 2.75) is 83.7 Å². The first-order valence-corrected chi connectivity index (χ1v) is 11.8. The lowest BCUT2D eigenvalue weighted by atomic mass is 9.76. The summed E-state index contributed by atoms with van der Waals surface area (Å²) >= 11 is 6.26. The minimum absolute atomic E-state index is 0.00203. The Balaban J connectivity index is 1.27. The molecule has 3 aliphatic rings. The molecule has 3 heteroatoms. The molecule has 4 rings (SSSR count). The quantitative estimate of drug-likeness (QED) is 0.418. The fourth-order valence-electron chi connectivity index (χ4n) is 5.37. The number of allylic oxidation sites excluding steroid dienone is 2. The summed E-state index contributed by atoms with van der Waals surface area (Å²) in [6.45, 7) is 2.97. The number of halogens is 2. The summed E-state index contributed by atoms with van der Waals surface area (Å²) in [6.07, 6.45) is 16.8. The Morgan fingerprint density at radius 1 is 1.00 bits per heavy atom. The first kappa shape index (κ1) is 20.4. The number of hydrogen-bond donors (Lipinski definition) is 0. The molecule has 2 aliphatic carbocycles. The maximum absolute atomic E-state index is 14.8. The van der Waals surface area contributed by atoms with Gasteiger partial charge in [-0.25, -0.2) is 4.39 Å². The third-order valence-corrected chi connectivity index (χ3v) is 7.69. The van der Waals surface area contributed by atoms with Crippen molar-refractivity contribution in [2.24, 2.45) is 17.8 Å². The van der Waals surface area contributed by atoms with Crippen molar-refractivity contribution >= 4 is 17.2 Å². The molecule has 2 fully saturated rings. The van der Waals surface area contributed by atoms with Gasteiger partial charge in [0, 0.05) is 11.1 Å². The van der Waals surface area contributed by atoms with Crippen molar-refractivity contribution in [1.29, 1.82) is 0 Å². The predicted octanol–water partition coefficient (Wildman–Crippen LogP) is 8.12. The molecular formula is C25H34ClFO. The van der Waals surface area contributed by atoms with Crippen LogP contribution in [0.4, 0.5) is 4.39 Å². The maximum atomic E-state index is 14.8. The van der Waals surface area contributed by atoms with E-state index in [0.29, 0.717) is 12.2 Å². The van der Waals surface area contributed by atoms with Crippen LogP contribution < -0.4 is 0 Å². The third-order valence-electron chi connectivity index (χ3n) is 7.30. The number of epoxide rings is 1. The molecule has 0 radical (unpaired) electrons. The van der Waals surface area contributed by atoms with E-state index in [4.69, 9.17) is 16.3 Å². The molecule has 2 atom stereocenters. The normalized spacial score (nSPS) is 30.2. The predicted molar refractivity (Wildman–Crippen MR) is 115 cm³/mol. The zero-order valence-electron chi connectivity index (χ0n) is 17.2. The largest absolute Gasteiger partial charge is 0.368 e. The van der Waals surface area contributed by atoms with Crippen LogP contribution in [-0.4, -0.2) is 6.61 Å². The van der Waals surface area contributed by atoms with Gasteiger partial charge < -0.3 is 4.74 Å². The zero-order chi connectivity index (χ0) is 19.5. The van der Waals surface area contributed by atoms with Gasteiger partial charge in [0.2, 0.25) is 0 Å². The van der Waals surface area contributed by atoms with Crippen molar-refractivity contribution in [3.05, 3.63) is 40.2 Å². The molecule has 28 heavy (non-hydrogen) atoms. The van der Waals surface area contributed by atoms with Gasteiger partial charge in [0.25, 0.3) is 0 Å². The Hall–Kier alpha value is -0.860. The van der Waals surface area contributed by atoms with E-state index in [9.17, 15) is 4.39 Å². The SMILES string of the molecule is CCCC1CCC(CCC2CC=C(c3ccc(C4CO4)c(Cl)c3F)CC2)CC1. The van der Waals surface area contributed by atoms with Crippen molar-refractivity contribution in [2.75, 3.05) is 6.61 Å². The Morgan fingerprint density at radius 3 is 2.29 bits per heavy atom. The van der Waals surface area contributed by atoms with Gasteiger partial charge in [-0.15, -0.1) is 0 Å². The molecule has 1 saturated carbocycles. The molecule has 0 spiro atoms. The van der Waals surface area contributed by atoms with Crippen LogP contribution in [0.2, 0.25) is 5.02 Å². The van der Waals surface area contributed by atoms with Gasteiger partial charge in [0.1, 0.15) is 11.9 Å². The average molecular weight is 405 g/mol. The van der Waals surface area contributed by atoms with Crippen LogP contribution in [0.5, 0.6) is 0 Å². The molecule has 154 valence electrons. The van der Waals surface area contributed by atoms with Gasteiger partial charge in [-0.3, -0.25) is 0 Å². The monoisotopic (exact) mass is 404 g/mol. The van der Waals surface area contributed by atoms with E-state index in [1.165, 1.54) is 57.8 Å². The van der Waals surface area contributed by atoms with Gasteiger partial charge >= 0.3 is 0 Å². The van der Waals surface area contributed by atoms with E-state index < -0.39 is 0 Å². The Labute approximate surface area is 174 Å². The van der Waals surface area contributed by atoms with Crippen LogP contribution in [0.3, 0.4) is 0 Å². The summed E-state index contributed by atoms with van der Waals surface area (Å²) in [7, 11) is 0. The van der Waals surface area contributed by atoms with Crippen molar-refractivity contribution in [1.82, 2.24) is 0 Å². The van der Waals surface area contributed by atoms with Crippen molar-refractivity contribution < 1.29 is 9.13 Å². The lowest BCUT2D eigenvalue weighted by Crippen LogP contribution is -2.16. The average Bonchev–Trinajstić information content (AvgIpc) is 3.55. The maximum Gasteiger partial charge on any atom is 0.149 e. The molecule has 1 aromatic carbocycles. The molecule has 1 heterocycles. The molecule has 2 unspecified atom stereocenters. The van der Waals surface area contributed by atoms with Gasteiger partial charge in [-0.2, -0.15) is 0 Å². The third kappa shape index (κ3) is 4.82.